The second-order valence-corrected chi connectivity index (χ2v) is 8.75. The van der Waals surface area contributed by atoms with Crippen LogP contribution in [-0.2, 0) is 16.0 Å². The van der Waals surface area contributed by atoms with Gasteiger partial charge in [-0.25, -0.2) is 8.42 Å². The van der Waals surface area contributed by atoms with Crippen molar-refractivity contribution in [2.45, 2.75) is 48.0 Å². The fraction of sp³-hybridized carbons (Fsp3) is 0.412. The van der Waals surface area contributed by atoms with Gasteiger partial charge in [0, 0.05) is 6.20 Å². The first-order valence-electron chi connectivity index (χ1n) is 8.35. The third kappa shape index (κ3) is 3.85. The van der Waals surface area contributed by atoms with Gasteiger partial charge in [0.25, 0.3) is 5.91 Å². The highest BCUT2D eigenvalue weighted by molar-refractivity contribution is 7.92. The molecule has 0 saturated heterocycles. The number of primary amides is 1. The number of hydrogen-bond donors (Lipinski definition) is 1. The summed E-state index contributed by atoms with van der Waals surface area (Å²) in [5, 5.41) is 3.31. The summed E-state index contributed by atoms with van der Waals surface area (Å²) in [4.78, 5) is 11.1. The number of aromatic nitrogens is 2. The molecule has 0 spiro atoms. The van der Waals surface area contributed by atoms with E-state index in [1.54, 1.807) is 0 Å². The van der Waals surface area contributed by atoms with Crippen molar-refractivity contribution < 1.29 is 26.4 Å². The number of hydrogen-bond acceptors (Lipinski definition) is 4. The first kappa shape index (κ1) is 19.4. The second kappa shape index (κ2) is 6.99. The highest BCUT2D eigenvalue weighted by Crippen LogP contribution is 2.36. The van der Waals surface area contributed by atoms with Crippen molar-refractivity contribution in [3.63, 3.8) is 0 Å². The first-order chi connectivity index (χ1) is 12.6. The van der Waals surface area contributed by atoms with E-state index in [2.05, 4.69) is 5.10 Å². The van der Waals surface area contributed by atoms with Crippen molar-refractivity contribution in [3.8, 4) is 0 Å². The van der Waals surface area contributed by atoms with Gasteiger partial charge in [-0.15, -0.1) is 0 Å². The van der Waals surface area contributed by atoms with Crippen molar-refractivity contribution in [2.24, 2.45) is 5.73 Å². The smallest absolute Gasteiger partial charge is 0.364 e. The van der Waals surface area contributed by atoms with Crippen LogP contribution in [0.3, 0.4) is 0 Å². The summed E-state index contributed by atoms with van der Waals surface area (Å²) in [7, 11) is -3.88. The summed E-state index contributed by atoms with van der Waals surface area (Å²) in [6, 6.07) is 5.14. The molecule has 6 nitrogen and oxygen atoms in total. The Morgan fingerprint density at radius 3 is 2.41 bits per heavy atom. The lowest BCUT2D eigenvalue weighted by molar-refractivity contribution is -0.137. The summed E-state index contributed by atoms with van der Waals surface area (Å²) < 4.78 is 65.6. The number of sulfone groups is 1. The topological polar surface area (TPSA) is 95.1 Å². The molecule has 0 unspecified atom stereocenters. The Labute approximate surface area is 154 Å². The van der Waals surface area contributed by atoms with Gasteiger partial charge in [-0.3, -0.25) is 9.48 Å². The number of amides is 1. The number of rotatable bonds is 4. The minimum atomic E-state index is -4.60. The molecule has 2 N–H and O–H groups in total. The average Bonchev–Trinajstić information content (AvgIpc) is 3.11. The lowest BCUT2D eigenvalue weighted by atomic mass is 9.95. The molecule has 1 fully saturated rings. The molecule has 1 saturated carbocycles. The van der Waals surface area contributed by atoms with E-state index < -0.39 is 32.7 Å². The van der Waals surface area contributed by atoms with E-state index in [9.17, 15) is 26.4 Å². The van der Waals surface area contributed by atoms with Gasteiger partial charge < -0.3 is 5.73 Å². The Hall–Kier alpha value is -2.36. The van der Waals surface area contributed by atoms with Gasteiger partial charge in [0.2, 0.25) is 0 Å². The quantitative estimate of drug-likeness (QED) is 0.852. The zero-order valence-corrected chi connectivity index (χ0v) is 15.0. The monoisotopic (exact) mass is 401 g/mol. The summed E-state index contributed by atoms with van der Waals surface area (Å²) >= 11 is 0. The molecule has 27 heavy (non-hydrogen) atoms. The Morgan fingerprint density at radius 1 is 1.15 bits per heavy atom. The molecule has 1 amide bonds. The maximum atomic E-state index is 12.9. The van der Waals surface area contributed by atoms with E-state index in [-0.39, 0.29) is 29.5 Å². The standard InChI is InChI=1S/C17H18F3N3O3S/c18-17(19,20)11-2-1-3-14(10-11)27(25,26)13-6-4-12(5-7-13)23-15(16(21)24)8-9-22-23/h1-3,8-10,12-13H,4-7H2,(H2,21,24). The fourth-order valence-corrected chi connectivity index (χ4v) is 5.28. The Kier molecular flexibility index (Phi) is 5.02. The van der Waals surface area contributed by atoms with Gasteiger partial charge in [0.1, 0.15) is 5.69 Å². The van der Waals surface area contributed by atoms with Crippen LogP contribution in [0.25, 0.3) is 0 Å². The maximum Gasteiger partial charge on any atom is 0.416 e. The normalized spacial score (nSPS) is 21.1. The highest BCUT2D eigenvalue weighted by atomic mass is 32.2. The van der Waals surface area contributed by atoms with Crippen LogP contribution in [0, 0.1) is 0 Å². The van der Waals surface area contributed by atoms with E-state index in [1.807, 2.05) is 0 Å². The van der Waals surface area contributed by atoms with Gasteiger partial charge in [-0.05, 0) is 49.9 Å². The summed E-state index contributed by atoms with van der Waals surface area (Å²) in [5.41, 5.74) is 4.56. The van der Waals surface area contributed by atoms with Crippen LogP contribution in [-0.4, -0.2) is 29.4 Å². The number of carbonyl (C=O) groups is 1. The maximum absolute atomic E-state index is 12.9. The minimum Gasteiger partial charge on any atom is -0.364 e. The van der Waals surface area contributed by atoms with Crippen LogP contribution in [0.15, 0.2) is 41.4 Å². The van der Waals surface area contributed by atoms with Crippen LogP contribution in [0.5, 0.6) is 0 Å². The van der Waals surface area contributed by atoms with Crippen LogP contribution >= 0.6 is 0 Å². The van der Waals surface area contributed by atoms with Crippen molar-refractivity contribution in [1.82, 2.24) is 9.78 Å². The molecule has 1 aliphatic carbocycles. The van der Waals surface area contributed by atoms with E-state index in [1.165, 1.54) is 23.0 Å². The van der Waals surface area contributed by atoms with Gasteiger partial charge in [0.05, 0.1) is 21.8 Å². The third-order valence-corrected chi connectivity index (χ3v) is 7.10. The molecular formula is C17H18F3N3O3S. The SMILES string of the molecule is NC(=O)c1ccnn1C1CCC(S(=O)(=O)c2cccc(C(F)(F)F)c2)CC1. The van der Waals surface area contributed by atoms with Crippen molar-refractivity contribution in [1.29, 1.82) is 0 Å². The molecule has 0 radical (unpaired) electrons. The largest absolute Gasteiger partial charge is 0.416 e. The van der Waals surface area contributed by atoms with Gasteiger partial charge in [-0.2, -0.15) is 18.3 Å². The molecule has 146 valence electrons. The highest BCUT2D eigenvalue weighted by Gasteiger charge is 2.36. The Bertz CT molecular complexity index is 946. The van der Waals surface area contributed by atoms with E-state index in [0.717, 1.165) is 12.1 Å². The van der Waals surface area contributed by atoms with Gasteiger partial charge in [0.15, 0.2) is 9.84 Å². The first-order valence-corrected chi connectivity index (χ1v) is 9.90. The van der Waals surface area contributed by atoms with Crippen molar-refractivity contribution >= 4 is 15.7 Å². The number of benzene rings is 1. The predicted molar refractivity (Wildman–Crippen MR) is 90.7 cm³/mol. The Morgan fingerprint density at radius 2 is 1.81 bits per heavy atom. The molecule has 0 atom stereocenters. The molecule has 1 aromatic carbocycles. The van der Waals surface area contributed by atoms with Gasteiger partial charge >= 0.3 is 6.18 Å². The van der Waals surface area contributed by atoms with Crippen LogP contribution in [0.4, 0.5) is 13.2 Å². The molecular weight excluding hydrogens is 383 g/mol. The van der Waals surface area contributed by atoms with Gasteiger partial charge in [-0.1, -0.05) is 6.07 Å². The van der Waals surface area contributed by atoms with Crippen molar-refractivity contribution in [3.05, 3.63) is 47.8 Å². The number of nitrogens with zero attached hydrogens (tertiary/aromatic N) is 2. The molecule has 2 aromatic rings. The van der Waals surface area contributed by atoms with E-state index in [0.29, 0.717) is 18.9 Å². The Balaban J connectivity index is 1.77. The van der Waals surface area contributed by atoms with Crippen molar-refractivity contribution in [2.75, 3.05) is 0 Å². The average molecular weight is 401 g/mol. The number of alkyl halides is 3. The second-order valence-electron chi connectivity index (χ2n) is 6.53. The fourth-order valence-electron chi connectivity index (χ4n) is 3.44. The molecule has 0 aliphatic heterocycles. The molecule has 1 aromatic heterocycles. The summed E-state index contributed by atoms with van der Waals surface area (Å²) in [6.07, 6.45) is -1.75. The number of halogens is 3. The summed E-state index contributed by atoms with van der Waals surface area (Å²) in [5.74, 6) is -0.619. The minimum absolute atomic E-state index is 0.171. The molecule has 10 heteroatoms. The van der Waals surface area contributed by atoms with E-state index >= 15 is 0 Å². The zero-order valence-electron chi connectivity index (χ0n) is 14.2. The number of carbonyl (C=O) groups excluding carboxylic acids is 1. The molecule has 1 heterocycles. The van der Waals surface area contributed by atoms with Crippen LogP contribution < -0.4 is 5.73 Å². The van der Waals surface area contributed by atoms with E-state index in [4.69, 9.17) is 5.73 Å². The third-order valence-electron chi connectivity index (χ3n) is 4.84. The predicted octanol–water partition coefficient (Wildman–Crippen LogP) is 2.96. The zero-order chi connectivity index (χ0) is 19.8. The number of nitrogens with two attached hydrogens (primary N) is 1. The lowest BCUT2D eigenvalue weighted by Crippen LogP contribution is -2.30. The van der Waals surface area contributed by atoms with Crippen LogP contribution in [0.1, 0.15) is 47.8 Å². The molecule has 0 bridgehead atoms. The summed E-state index contributed by atoms with van der Waals surface area (Å²) in [6.45, 7) is 0. The lowest BCUT2D eigenvalue weighted by Gasteiger charge is -2.29. The van der Waals surface area contributed by atoms with Crippen LogP contribution in [0.2, 0.25) is 0 Å². The molecule has 1 aliphatic rings. The molecule has 3 rings (SSSR count).